The quantitative estimate of drug-likeness (QED) is 0.852. The fourth-order valence-electron chi connectivity index (χ4n) is 2.69. The summed E-state index contributed by atoms with van der Waals surface area (Å²) in [5.41, 5.74) is 1.39. The summed E-state index contributed by atoms with van der Waals surface area (Å²) in [4.78, 5) is 25.7. The lowest BCUT2D eigenvalue weighted by Crippen LogP contribution is -2.32. The maximum atomic E-state index is 12.2. The zero-order chi connectivity index (χ0) is 18.0. The van der Waals surface area contributed by atoms with E-state index in [0.29, 0.717) is 40.9 Å². The van der Waals surface area contributed by atoms with Crippen molar-refractivity contribution in [2.24, 2.45) is 0 Å². The molecule has 132 valence electrons. The minimum atomic E-state index is -0.507. The SMILES string of the molecule is Cc1cc(NC(=O)C(C)Nc2ccc(N3CCCC3=O)c(Cl)c2)no1. The zero-order valence-corrected chi connectivity index (χ0v) is 14.8. The van der Waals surface area contributed by atoms with E-state index >= 15 is 0 Å². The molecule has 1 unspecified atom stereocenters. The Morgan fingerprint density at radius 1 is 1.40 bits per heavy atom. The van der Waals surface area contributed by atoms with Crippen LogP contribution in [-0.2, 0) is 9.59 Å². The van der Waals surface area contributed by atoms with E-state index in [2.05, 4.69) is 15.8 Å². The van der Waals surface area contributed by atoms with Crippen LogP contribution in [0.5, 0.6) is 0 Å². The van der Waals surface area contributed by atoms with Gasteiger partial charge in [0.05, 0.1) is 10.7 Å². The van der Waals surface area contributed by atoms with E-state index in [-0.39, 0.29) is 11.8 Å². The van der Waals surface area contributed by atoms with Gasteiger partial charge >= 0.3 is 0 Å². The highest BCUT2D eigenvalue weighted by Crippen LogP contribution is 2.31. The molecule has 1 fully saturated rings. The van der Waals surface area contributed by atoms with Crippen LogP contribution in [0.3, 0.4) is 0 Å². The monoisotopic (exact) mass is 362 g/mol. The zero-order valence-electron chi connectivity index (χ0n) is 14.0. The van der Waals surface area contributed by atoms with Crippen LogP contribution in [0.1, 0.15) is 25.5 Å². The molecule has 2 N–H and O–H groups in total. The maximum Gasteiger partial charge on any atom is 0.247 e. The first kappa shape index (κ1) is 17.3. The first-order valence-electron chi connectivity index (χ1n) is 8.04. The molecule has 0 spiro atoms. The van der Waals surface area contributed by atoms with Crippen LogP contribution < -0.4 is 15.5 Å². The number of carbonyl (C=O) groups is 2. The Kier molecular flexibility index (Phi) is 4.94. The predicted octanol–water partition coefficient (Wildman–Crippen LogP) is 3.20. The van der Waals surface area contributed by atoms with Crippen LogP contribution in [-0.4, -0.2) is 29.6 Å². The summed E-state index contributed by atoms with van der Waals surface area (Å²) in [6, 6.07) is 6.44. The molecule has 3 rings (SSSR count). The third-order valence-corrected chi connectivity index (χ3v) is 4.27. The molecule has 1 atom stereocenters. The molecule has 0 saturated carbocycles. The molecule has 8 heteroatoms. The third-order valence-electron chi connectivity index (χ3n) is 3.97. The predicted molar refractivity (Wildman–Crippen MR) is 96.0 cm³/mol. The Morgan fingerprint density at radius 2 is 2.20 bits per heavy atom. The molecule has 25 heavy (non-hydrogen) atoms. The number of aromatic nitrogens is 1. The summed E-state index contributed by atoms with van der Waals surface area (Å²) in [5, 5.41) is 9.95. The summed E-state index contributed by atoms with van der Waals surface area (Å²) in [7, 11) is 0. The summed E-state index contributed by atoms with van der Waals surface area (Å²) in [6.45, 7) is 4.16. The molecular formula is C17H19ClN4O3. The van der Waals surface area contributed by atoms with Crippen molar-refractivity contribution < 1.29 is 14.1 Å². The highest BCUT2D eigenvalue weighted by Gasteiger charge is 2.24. The van der Waals surface area contributed by atoms with Crippen molar-refractivity contribution in [3.05, 3.63) is 35.0 Å². The van der Waals surface area contributed by atoms with Crippen molar-refractivity contribution in [3.63, 3.8) is 0 Å². The minimum absolute atomic E-state index is 0.0817. The number of hydrogen-bond acceptors (Lipinski definition) is 5. The maximum absolute atomic E-state index is 12.2. The van der Waals surface area contributed by atoms with Gasteiger partial charge in [-0.1, -0.05) is 16.8 Å². The molecule has 0 radical (unpaired) electrons. The Hall–Kier alpha value is -2.54. The van der Waals surface area contributed by atoms with Crippen molar-refractivity contribution in [1.82, 2.24) is 5.16 Å². The van der Waals surface area contributed by atoms with Crippen molar-refractivity contribution in [1.29, 1.82) is 0 Å². The first-order valence-corrected chi connectivity index (χ1v) is 8.42. The Bertz CT molecular complexity index is 805. The van der Waals surface area contributed by atoms with E-state index in [1.807, 2.05) is 0 Å². The molecule has 0 bridgehead atoms. The van der Waals surface area contributed by atoms with Gasteiger partial charge < -0.3 is 20.1 Å². The number of nitrogens with zero attached hydrogens (tertiary/aromatic N) is 2. The second-order valence-electron chi connectivity index (χ2n) is 5.99. The fraction of sp³-hybridized carbons (Fsp3) is 0.353. The van der Waals surface area contributed by atoms with Crippen molar-refractivity contribution in [3.8, 4) is 0 Å². The molecule has 1 aromatic heterocycles. The number of benzene rings is 1. The van der Waals surface area contributed by atoms with Crippen LogP contribution >= 0.6 is 11.6 Å². The van der Waals surface area contributed by atoms with Gasteiger partial charge in [0.1, 0.15) is 11.8 Å². The van der Waals surface area contributed by atoms with Gasteiger partial charge in [0.25, 0.3) is 0 Å². The van der Waals surface area contributed by atoms with Crippen molar-refractivity contribution in [2.45, 2.75) is 32.7 Å². The van der Waals surface area contributed by atoms with Gasteiger partial charge in [-0.15, -0.1) is 0 Å². The fourth-order valence-corrected chi connectivity index (χ4v) is 2.98. The number of anilines is 3. The van der Waals surface area contributed by atoms with E-state index in [9.17, 15) is 9.59 Å². The van der Waals surface area contributed by atoms with Gasteiger partial charge in [-0.2, -0.15) is 0 Å². The molecule has 1 saturated heterocycles. The molecule has 2 aromatic rings. The van der Waals surface area contributed by atoms with E-state index in [1.165, 1.54) is 0 Å². The molecule has 2 heterocycles. The molecule has 1 aromatic carbocycles. The van der Waals surface area contributed by atoms with Crippen LogP contribution in [0.15, 0.2) is 28.8 Å². The highest BCUT2D eigenvalue weighted by molar-refractivity contribution is 6.34. The average molecular weight is 363 g/mol. The van der Waals surface area contributed by atoms with Crippen molar-refractivity contribution >= 4 is 40.6 Å². The van der Waals surface area contributed by atoms with Gasteiger partial charge in [0.2, 0.25) is 11.8 Å². The van der Waals surface area contributed by atoms with E-state index < -0.39 is 6.04 Å². The molecule has 1 aliphatic heterocycles. The minimum Gasteiger partial charge on any atom is -0.374 e. The molecule has 2 amide bonds. The number of amides is 2. The van der Waals surface area contributed by atoms with Gasteiger partial charge in [-0.05, 0) is 38.5 Å². The van der Waals surface area contributed by atoms with Gasteiger partial charge in [0, 0.05) is 24.7 Å². The van der Waals surface area contributed by atoms with Gasteiger partial charge in [-0.25, -0.2) is 0 Å². The van der Waals surface area contributed by atoms with Crippen LogP contribution in [0.2, 0.25) is 5.02 Å². The number of halogens is 1. The number of carbonyl (C=O) groups excluding carboxylic acids is 2. The van der Waals surface area contributed by atoms with Gasteiger partial charge in [0.15, 0.2) is 5.82 Å². The average Bonchev–Trinajstić information content (AvgIpc) is 3.16. The van der Waals surface area contributed by atoms with E-state index in [4.69, 9.17) is 16.1 Å². The number of aryl methyl sites for hydroxylation is 1. The Morgan fingerprint density at radius 3 is 2.80 bits per heavy atom. The third kappa shape index (κ3) is 3.93. The summed E-state index contributed by atoms with van der Waals surface area (Å²) in [6.07, 6.45) is 1.39. The Balaban J connectivity index is 1.65. The number of rotatable bonds is 5. The highest BCUT2D eigenvalue weighted by atomic mass is 35.5. The summed E-state index contributed by atoms with van der Waals surface area (Å²) >= 11 is 6.31. The normalized spacial score (nSPS) is 15.3. The summed E-state index contributed by atoms with van der Waals surface area (Å²) < 4.78 is 4.91. The second-order valence-corrected chi connectivity index (χ2v) is 6.40. The molecule has 0 aliphatic carbocycles. The van der Waals surface area contributed by atoms with Crippen molar-refractivity contribution in [2.75, 3.05) is 22.1 Å². The standard InChI is InChI=1S/C17H19ClN4O3/c1-10-8-15(21-25-10)20-17(24)11(2)19-12-5-6-14(13(18)9-12)22-7-3-4-16(22)23/h5-6,8-9,11,19H,3-4,7H2,1-2H3,(H,20,21,24). The molecular weight excluding hydrogens is 344 g/mol. The van der Waals surface area contributed by atoms with E-state index in [1.54, 1.807) is 43.0 Å². The lowest BCUT2D eigenvalue weighted by Gasteiger charge is -2.19. The van der Waals surface area contributed by atoms with Crippen LogP contribution in [0.25, 0.3) is 0 Å². The summed E-state index contributed by atoms with van der Waals surface area (Å²) in [5.74, 6) is 0.827. The first-order chi connectivity index (χ1) is 11.9. The Labute approximate surface area is 150 Å². The number of hydrogen-bond donors (Lipinski definition) is 2. The van der Waals surface area contributed by atoms with E-state index in [0.717, 1.165) is 6.42 Å². The van der Waals surface area contributed by atoms with Crippen LogP contribution in [0, 0.1) is 6.92 Å². The largest absolute Gasteiger partial charge is 0.374 e. The molecule has 7 nitrogen and oxygen atoms in total. The lowest BCUT2D eigenvalue weighted by molar-refractivity contribution is -0.117. The molecule has 1 aliphatic rings. The smallest absolute Gasteiger partial charge is 0.247 e. The lowest BCUT2D eigenvalue weighted by atomic mass is 10.2. The topological polar surface area (TPSA) is 87.5 Å². The van der Waals surface area contributed by atoms with Gasteiger partial charge in [-0.3, -0.25) is 9.59 Å². The second kappa shape index (κ2) is 7.14. The van der Waals surface area contributed by atoms with Crippen LogP contribution in [0.4, 0.5) is 17.2 Å². The number of nitrogens with one attached hydrogen (secondary N) is 2.